The van der Waals surface area contributed by atoms with Gasteiger partial charge in [0.15, 0.2) is 5.76 Å². The van der Waals surface area contributed by atoms with Crippen molar-refractivity contribution in [1.29, 1.82) is 0 Å². The van der Waals surface area contributed by atoms with Crippen LogP contribution in [0.15, 0.2) is 28.7 Å². The van der Waals surface area contributed by atoms with Crippen LogP contribution in [0.5, 0.6) is 5.75 Å². The van der Waals surface area contributed by atoms with E-state index in [4.69, 9.17) is 9.15 Å². The summed E-state index contributed by atoms with van der Waals surface area (Å²) in [5, 5.41) is 3.88. The fourth-order valence-corrected chi connectivity index (χ4v) is 2.24. The molecule has 1 aromatic heterocycles. The summed E-state index contributed by atoms with van der Waals surface area (Å²) in [7, 11) is 1.62. The highest BCUT2D eigenvalue weighted by molar-refractivity contribution is 5.96. The number of methoxy groups -OCH3 is 1. The molecule has 0 fully saturated rings. The number of amides is 1. The lowest BCUT2D eigenvalue weighted by molar-refractivity contribution is 0.0908. The number of ether oxygens (including phenoxy) is 1. The smallest absolute Gasteiger partial charge is 0.287 e. The number of hydrogen-bond donors (Lipinski definition) is 1. The van der Waals surface area contributed by atoms with E-state index in [-0.39, 0.29) is 11.9 Å². The van der Waals surface area contributed by atoms with Gasteiger partial charge < -0.3 is 14.5 Å². The van der Waals surface area contributed by atoms with Crippen molar-refractivity contribution in [3.63, 3.8) is 0 Å². The molecule has 0 aliphatic carbocycles. The van der Waals surface area contributed by atoms with Crippen LogP contribution in [0.25, 0.3) is 11.0 Å². The van der Waals surface area contributed by atoms with E-state index >= 15 is 0 Å². The zero-order valence-electron chi connectivity index (χ0n) is 12.2. The standard InChI is InChI=1S/C16H21NO3/c1-4-6-12(5-2)17-16(18)15-10-11-9-13(19-3)7-8-14(11)20-15/h7-10,12H,4-6H2,1-3H3,(H,17,18). The van der Waals surface area contributed by atoms with E-state index in [0.717, 1.165) is 30.4 Å². The molecule has 0 aliphatic heterocycles. The van der Waals surface area contributed by atoms with Crippen molar-refractivity contribution in [3.05, 3.63) is 30.0 Å². The van der Waals surface area contributed by atoms with Crippen LogP contribution in [0.4, 0.5) is 0 Å². The monoisotopic (exact) mass is 275 g/mol. The Bertz CT molecular complexity index is 588. The number of nitrogens with one attached hydrogen (secondary N) is 1. The minimum Gasteiger partial charge on any atom is -0.497 e. The van der Waals surface area contributed by atoms with Gasteiger partial charge in [0.05, 0.1) is 7.11 Å². The van der Waals surface area contributed by atoms with Crippen LogP contribution in [0.2, 0.25) is 0 Å². The van der Waals surface area contributed by atoms with Crippen molar-refractivity contribution in [3.8, 4) is 5.75 Å². The zero-order valence-corrected chi connectivity index (χ0v) is 12.2. The Balaban J connectivity index is 2.17. The fraction of sp³-hybridized carbons (Fsp3) is 0.438. The molecule has 1 N–H and O–H groups in total. The maximum Gasteiger partial charge on any atom is 0.287 e. The van der Waals surface area contributed by atoms with Crippen LogP contribution < -0.4 is 10.1 Å². The van der Waals surface area contributed by atoms with E-state index in [1.807, 2.05) is 18.2 Å². The largest absolute Gasteiger partial charge is 0.497 e. The maximum atomic E-state index is 12.2. The molecule has 0 aliphatic rings. The zero-order chi connectivity index (χ0) is 14.5. The van der Waals surface area contributed by atoms with Crippen molar-refractivity contribution >= 4 is 16.9 Å². The number of hydrogen-bond acceptors (Lipinski definition) is 3. The molecule has 0 saturated carbocycles. The number of carbonyl (C=O) groups excluding carboxylic acids is 1. The van der Waals surface area contributed by atoms with Crippen molar-refractivity contribution in [2.75, 3.05) is 7.11 Å². The summed E-state index contributed by atoms with van der Waals surface area (Å²) < 4.78 is 10.7. The van der Waals surface area contributed by atoms with E-state index in [1.54, 1.807) is 13.2 Å². The molecule has 0 saturated heterocycles. The number of benzene rings is 1. The van der Waals surface area contributed by atoms with Gasteiger partial charge in [0, 0.05) is 11.4 Å². The van der Waals surface area contributed by atoms with Crippen LogP contribution in [0.1, 0.15) is 43.7 Å². The third-order valence-corrected chi connectivity index (χ3v) is 3.41. The summed E-state index contributed by atoms with van der Waals surface area (Å²) in [5.41, 5.74) is 0.694. The van der Waals surface area contributed by atoms with E-state index in [2.05, 4.69) is 19.2 Å². The minimum atomic E-state index is -0.152. The lowest BCUT2D eigenvalue weighted by Gasteiger charge is -2.14. The first-order valence-electron chi connectivity index (χ1n) is 7.06. The quantitative estimate of drug-likeness (QED) is 0.873. The van der Waals surface area contributed by atoms with Gasteiger partial charge in [-0.1, -0.05) is 20.3 Å². The number of furan rings is 1. The molecule has 4 nitrogen and oxygen atoms in total. The summed E-state index contributed by atoms with van der Waals surface area (Å²) in [5.74, 6) is 0.950. The van der Waals surface area contributed by atoms with Crippen LogP contribution in [-0.4, -0.2) is 19.1 Å². The van der Waals surface area contributed by atoms with Gasteiger partial charge in [-0.25, -0.2) is 0 Å². The molecular formula is C16H21NO3. The van der Waals surface area contributed by atoms with Crippen LogP contribution >= 0.6 is 0 Å². The molecule has 0 radical (unpaired) electrons. The average Bonchev–Trinajstić information content (AvgIpc) is 2.89. The molecule has 1 aromatic carbocycles. The van der Waals surface area contributed by atoms with E-state index < -0.39 is 0 Å². The Morgan fingerprint density at radius 1 is 1.35 bits per heavy atom. The third-order valence-electron chi connectivity index (χ3n) is 3.41. The molecule has 20 heavy (non-hydrogen) atoms. The molecular weight excluding hydrogens is 254 g/mol. The second kappa shape index (κ2) is 6.46. The predicted octanol–water partition coefficient (Wildman–Crippen LogP) is 3.75. The van der Waals surface area contributed by atoms with Crippen molar-refractivity contribution in [2.45, 2.75) is 39.2 Å². The highest BCUT2D eigenvalue weighted by Crippen LogP contribution is 2.24. The highest BCUT2D eigenvalue weighted by Gasteiger charge is 2.16. The van der Waals surface area contributed by atoms with Gasteiger partial charge >= 0.3 is 0 Å². The first-order valence-corrected chi connectivity index (χ1v) is 7.06. The molecule has 4 heteroatoms. The Morgan fingerprint density at radius 2 is 2.15 bits per heavy atom. The van der Waals surface area contributed by atoms with Gasteiger partial charge in [-0.3, -0.25) is 4.79 Å². The lowest BCUT2D eigenvalue weighted by atomic mass is 10.1. The van der Waals surface area contributed by atoms with Gasteiger partial charge in [0.25, 0.3) is 5.91 Å². The lowest BCUT2D eigenvalue weighted by Crippen LogP contribution is -2.33. The summed E-state index contributed by atoms with van der Waals surface area (Å²) in [6.45, 7) is 4.19. The Hall–Kier alpha value is -1.97. The first-order chi connectivity index (χ1) is 9.67. The van der Waals surface area contributed by atoms with Crippen LogP contribution in [-0.2, 0) is 0 Å². The highest BCUT2D eigenvalue weighted by atomic mass is 16.5. The molecule has 0 bridgehead atoms. The number of carbonyl (C=O) groups is 1. The van der Waals surface area contributed by atoms with Gasteiger partial charge in [-0.05, 0) is 37.1 Å². The van der Waals surface area contributed by atoms with Crippen molar-refractivity contribution in [2.24, 2.45) is 0 Å². The second-order valence-electron chi connectivity index (χ2n) is 4.88. The SMILES string of the molecule is CCCC(CC)NC(=O)c1cc2cc(OC)ccc2o1. The third kappa shape index (κ3) is 3.13. The summed E-state index contributed by atoms with van der Waals surface area (Å²) in [6, 6.07) is 7.45. The van der Waals surface area contributed by atoms with Crippen LogP contribution in [0.3, 0.4) is 0 Å². The molecule has 2 aromatic rings. The average molecular weight is 275 g/mol. The first kappa shape index (κ1) is 14.4. The molecule has 2 rings (SSSR count). The van der Waals surface area contributed by atoms with Gasteiger partial charge in [0.1, 0.15) is 11.3 Å². The number of fused-ring (bicyclic) bond motifs is 1. The molecule has 1 unspecified atom stereocenters. The normalized spacial score (nSPS) is 12.3. The molecule has 1 amide bonds. The van der Waals surface area contributed by atoms with E-state index in [9.17, 15) is 4.79 Å². The molecule has 1 heterocycles. The Labute approximate surface area is 119 Å². The Morgan fingerprint density at radius 3 is 2.80 bits per heavy atom. The topological polar surface area (TPSA) is 51.5 Å². The molecule has 1 atom stereocenters. The van der Waals surface area contributed by atoms with E-state index in [0.29, 0.717) is 11.3 Å². The maximum absolute atomic E-state index is 12.2. The minimum absolute atomic E-state index is 0.152. The fourth-order valence-electron chi connectivity index (χ4n) is 2.24. The Kier molecular flexibility index (Phi) is 4.66. The summed E-state index contributed by atoms with van der Waals surface area (Å²) in [4.78, 5) is 12.2. The second-order valence-corrected chi connectivity index (χ2v) is 4.88. The summed E-state index contributed by atoms with van der Waals surface area (Å²) >= 11 is 0. The van der Waals surface area contributed by atoms with Crippen LogP contribution in [0, 0.1) is 0 Å². The number of rotatable bonds is 6. The molecule has 108 valence electrons. The van der Waals surface area contributed by atoms with Crippen molar-refractivity contribution < 1.29 is 13.9 Å². The summed E-state index contributed by atoms with van der Waals surface area (Å²) in [6.07, 6.45) is 2.96. The predicted molar refractivity (Wildman–Crippen MR) is 79.2 cm³/mol. The van der Waals surface area contributed by atoms with Gasteiger partial charge in [-0.15, -0.1) is 0 Å². The molecule has 0 spiro atoms. The van der Waals surface area contributed by atoms with Gasteiger partial charge in [0.2, 0.25) is 0 Å². The van der Waals surface area contributed by atoms with Gasteiger partial charge in [-0.2, -0.15) is 0 Å². The van der Waals surface area contributed by atoms with E-state index in [1.165, 1.54) is 0 Å². The van der Waals surface area contributed by atoms with Crippen molar-refractivity contribution in [1.82, 2.24) is 5.32 Å².